The predicted molar refractivity (Wildman–Crippen MR) is 80.7 cm³/mol. The quantitative estimate of drug-likeness (QED) is 0.413. The summed E-state index contributed by atoms with van der Waals surface area (Å²) < 4.78 is 5.34. The zero-order valence-corrected chi connectivity index (χ0v) is 12.7. The molecule has 0 radical (unpaired) electrons. The lowest BCUT2D eigenvalue weighted by Gasteiger charge is -2.26. The summed E-state index contributed by atoms with van der Waals surface area (Å²) in [4.78, 5) is 7.07. The molecule has 0 spiro atoms. The van der Waals surface area contributed by atoms with Crippen LogP contribution < -0.4 is 10.6 Å². The number of hydrogen-bond donors (Lipinski definition) is 2. The van der Waals surface area contributed by atoms with Gasteiger partial charge < -0.3 is 15.4 Å². The molecule has 1 aliphatic heterocycles. The van der Waals surface area contributed by atoms with Crippen LogP contribution in [0.2, 0.25) is 0 Å². The zero-order valence-electron chi connectivity index (χ0n) is 12.7. The highest BCUT2D eigenvalue weighted by molar-refractivity contribution is 5.79. The van der Waals surface area contributed by atoms with Crippen LogP contribution in [0.1, 0.15) is 33.6 Å². The number of aliphatic imine (C=N–C) groups is 1. The summed E-state index contributed by atoms with van der Waals surface area (Å²) >= 11 is 0. The molecule has 1 saturated heterocycles. The fourth-order valence-corrected chi connectivity index (χ4v) is 1.97. The number of morpholine rings is 1. The molecule has 112 valence electrons. The summed E-state index contributed by atoms with van der Waals surface area (Å²) in [5.74, 6) is 0.943. The Bertz CT molecular complexity index is 252. The maximum atomic E-state index is 5.34. The Morgan fingerprint density at radius 2 is 2.05 bits per heavy atom. The molecular formula is C14H30N4O. The molecule has 5 nitrogen and oxygen atoms in total. The minimum atomic E-state index is 0.469. The molecule has 5 heteroatoms. The molecule has 0 aromatic carbocycles. The number of nitrogens with zero attached hydrogens (tertiary/aromatic N) is 2. The van der Waals surface area contributed by atoms with Crippen molar-refractivity contribution in [1.29, 1.82) is 0 Å². The van der Waals surface area contributed by atoms with Gasteiger partial charge in [-0.3, -0.25) is 9.89 Å². The molecule has 1 heterocycles. The van der Waals surface area contributed by atoms with Gasteiger partial charge in [-0.15, -0.1) is 0 Å². The first kappa shape index (κ1) is 16.2. The lowest BCUT2D eigenvalue weighted by atomic mass is 10.3. The summed E-state index contributed by atoms with van der Waals surface area (Å²) in [5.41, 5.74) is 0. The second-order valence-electron chi connectivity index (χ2n) is 5.02. The molecule has 0 saturated carbocycles. The Labute approximate surface area is 117 Å². The summed E-state index contributed by atoms with van der Waals surface area (Å²) in [6.45, 7) is 13.2. The Morgan fingerprint density at radius 1 is 1.32 bits per heavy atom. The van der Waals surface area contributed by atoms with E-state index < -0.39 is 0 Å². The Balaban J connectivity index is 2.21. The molecule has 0 aliphatic carbocycles. The first-order valence-corrected chi connectivity index (χ1v) is 7.61. The highest BCUT2D eigenvalue weighted by atomic mass is 16.5. The normalized spacial score (nSPS) is 19.2. The number of guanidine groups is 1. The molecule has 1 aliphatic rings. The smallest absolute Gasteiger partial charge is 0.191 e. The Hall–Kier alpha value is -0.810. The Kier molecular flexibility index (Phi) is 8.58. The van der Waals surface area contributed by atoms with Crippen LogP contribution >= 0.6 is 0 Å². The van der Waals surface area contributed by atoms with Gasteiger partial charge in [-0.05, 0) is 26.7 Å². The topological polar surface area (TPSA) is 48.9 Å². The minimum Gasteiger partial charge on any atom is -0.379 e. The van der Waals surface area contributed by atoms with Crippen molar-refractivity contribution in [2.45, 2.75) is 39.7 Å². The van der Waals surface area contributed by atoms with E-state index >= 15 is 0 Å². The van der Waals surface area contributed by atoms with Crippen molar-refractivity contribution in [3.8, 4) is 0 Å². The van der Waals surface area contributed by atoms with Gasteiger partial charge in [0.1, 0.15) is 0 Å². The predicted octanol–water partition coefficient (Wildman–Crippen LogP) is 1.06. The van der Waals surface area contributed by atoms with Crippen molar-refractivity contribution >= 4 is 5.96 Å². The van der Waals surface area contributed by atoms with Gasteiger partial charge in [0, 0.05) is 38.8 Å². The van der Waals surface area contributed by atoms with Crippen LogP contribution in [0.15, 0.2) is 4.99 Å². The molecule has 1 rings (SSSR count). The van der Waals surface area contributed by atoms with Crippen LogP contribution in [-0.2, 0) is 4.74 Å². The van der Waals surface area contributed by atoms with E-state index in [-0.39, 0.29) is 0 Å². The van der Waals surface area contributed by atoms with Gasteiger partial charge in [0.25, 0.3) is 0 Å². The SMILES string of the molecule is CCNC(=NCCCN1CCOCC1)NC(C)CC. The highest BCUT2D eigenvalue weighted by Crippen LogP contribution is 1.98. The second-order valence-corrected chi connectivity index (χ2v) is 5.02. The van der Waals surface area contributed by atoms with Crippen molar-refractivity contribution in [3.63, 3.8) is 0 Å². The van der Waals surface area contributed by atoms with Gasteiger partial charge in [-0.2, -0.15) is 0 Å². The summed E-state index contributed by atoms with van der Waals surface area (Å²) in [5, 5.41) is 6.70. The van der Waals surface area contributed by atoms with E-state index in [1.807, 2.05) is 0 Å². The first-order chi connectivity index (χ1) is 9.26. The highest BCUT2D eigenvalue weighted by Gasteiger charge is 2.09. The largest absolute Gasteiger partial charge is 0.379 e. The standard InChI is InChI=1S/C14H30N4O/c1-4-13(3)17-14(15-5-2)16-7-6-8-18-9-11-19-12-10-18/h13H,4-12H2,1-3H3,(H2,15,16,17). The number of nitrogens with one attached hydrogen (secondary N) is 2. The number of hydrogen-bond acceptors (Lipinski definition) is 3. The summed E-state index contributed by atoms with van der Waals surface area (Å²) in [6, 6.07) is 0.469. The Morgan fingerprint density at radius 3 is 2.68 bits per heavy atom. The molecule has 0 bridgehead atoms. The molecule has 0 aromatic rings. The third kappa shape index (κ3) is 7.38. The van der Waals surface area contributed by atoms with Crippen molar-refractivity contribution in [3.05, 3.63) is 0 Å². The fourth-order valence-electron chi connectivity index (χ4n) is 1.97. The van der Waals surface area contributed by atoms with E-state index in [2.05, 4.69) is 41.3 Å². The van der Waals surface area contributed by atoms with Crippen LogP contribution in [0.25, 0.3) is 0 Å². The van der Waals surface area contributed by atoms with Gasteiger partial charge in [0.2, 0.25) is 0 Å². The molecule has 1 fully saturated rings. The maximum absolute atomic E-state index is 5.34. The van der Waals surface area contributed by atoms with Gasteiger partial charge in [-0.25, -0.2) is 0 Å². The van der Waals surface area contributed by atoms with Crippen LogP contribution in [0.4, 0.5) is 0 Å². The van der Waals surface area contributed by atoms with Crippen molar-refractivity contribution < 1.29 is 4.74 Å². The van der Waals surface area contributed by atoms with Gasteiger partial charge in [0.05, 0.1) is 13.2 Å². The monoisotopic (exact) mass is 270 g/mol. The van der Waals surface area contributed by atoms with E-state index in [0.29, 0.717) is 6.04 Å². The molecule has 19 heavy (non-hydrogen) atoms. The second kappa shape index (κ2) is 10.0. The molecular weight excluding hydrogens is 240 g/mol. The summed E-state index contributed by atoms with van der Waals surface area (Å²) in [6.07, 6.45) is 2.22. The van der Waals surface area contributed by atoms with E-state index in [4.69, 9.17) is 4.74 Å². The lowest BCUT2D eigenvalue weighted by Crippen LogP contribution is -2.42. The van der Waals surface area contributed by atoms with Crippen LogP contribution in [0, 0.1) is 0 Å². The zero-order chi connectivity index (χ0) is 13.9. The van der Waals surface area contributed by atoms with Crippen LogP contribution in [0.5, 0.6) is 0 Å². The van der Waals surface area contributed by atoms with E-state index in [0.717, 1.165) is 64.7 Å². The molecule has 0 amide bonds. The van der Waals surface area contributed by atoms with Crippen molar-refractivity contribution in [2.24, 2.45) is 4.99 Å². The maximum Gasteiger partial charge on any atom is 0.191 e. The van der Waals surface area contributed by atoms with Gasteiger partial charge in [0.15, 0.2) is 5.96 Å². The molecule has 1 atom stereocenters. The van der Waals surface area contributed by atoms with Crippen LogP contribution in [0.3, 0.4) is 0 Å². The molecule has 0 aromatic heterocycles. The van der Waals surface area contributed by atoms with E-state index in [9.17, 15) is 0 Å². The fraction of sp³-hybridized carbons (Fsp3) is 0.929. The van der Waals surface area contributed by atoms with Crippen LogP contribution in [-0.4, -0.2) is 62.8 Å². The molecule has 2 N–H and O–H groups in total. The van der Waals surface area contributed by atoms with Gasteiger partial charge in [-0.1, -0.05) is 6.92 Å². The average Bonchev–Trinajstić information content (AvgIpc) is 2.44. The average molecular weight is 270 g/mol. The lowest BCUT2D eigenvalue weighted by molar-refractivity contribution is 0.0377. The van der Waals surface area contributed by atoms with Gasteiger partial charge >= 0.3 is 0 Å². The summed E-state index contributed by atoms with van der Waals surface area (Å²) in [7, 11) is 0. The van der Waals surface area contributed by atoms with E-state index in [1.54, 1.807) is 0 Å². The third-order valence-electron chi connectivity index (χ3n) is 3.35. The van der Waals surface area contributed by atoms with Crippen molar-refractivity contribution in [2.75, 3.05) is 45.9 Å². The third-order valence-corrected chi connectivity index (χ3v) is 3.35. The number of ether oxygens (including phenoxy) is 1. The molecule has 1 unspecified atom stereocenters. The minimum absolute atomic E-state index is 0.469. The number of rotatable bonds is 7. The first-order valence-electron chi connectivity index (χ1n) is 7.61. The van der Waals surface area contributed by atoms with Crippen molar-refractivity contribution in [1.82, 2.24) is 15.5 Å². The van der Waals surface area contributed by atoms with E-state index in [1.165, 1.54) is 0 Å².